The molecular formula is C22H24ClN3O2. The van der Waals surface area contributed by atoms with Gasteiger partial charge in [0.15, 0.2) is 0 Å². The Bertz CT molecular complexity index is 856. The van der Waals surface area contributed by atoms with E-state index in [1.54, 1.807) is 18.2 Å². The number of piperazine rings is 1. The molecule has 1 fully saturated rings. The van der Waals surface area contributed by atoms with Crippen LogP contribution in [-0.2, 0) is 9.59 Å². The molecule has 28 heavy (non-hydrogen) atoms. The molecule has 2 aromatic rings. The van der Waals surface area contributed by atoms with Crippen molar-refractivity contribution in [1.29, 1.82) is 0 Å². The van der Waals surface area contributed by atoms with Crippen molar-refractivity contribution in [3.05, 3.63) is 65.2 Å². The zero-order chi connectivity index (χ0) is 19.9. The summed E-state index contributed by atoms with van der Waals surface area (Å²) in [6, 6.07) is 15.0. The maximum Gasteiger partial charge on any atom is 0.248 e. The molecule has 1 aliphatic rings. The third kappa shape index (κ3) is 5.14. The van der Waals surface area contributed by atoms with Crippen LogP contribution < -0.4 is 10.2 Å². The molecule has 3 rings (SSSR count). The largest absolute Gasteiger partial charge is 0.366 e. The van der Waals surface area contributed by atoms with E-state index >= 15 is 0 Å². The molecule has 6 heteroatoms. The lowest BCUT2D eigenvalue weighted by atomic mass is 10.2. The van der Waals surface area contributed by atoms with Gasteiger partial charge in [-0.25, -0.2) is 0 Å². The van der Waals surface area contributed by atoms with Crippen molar-refractivity contribution in [2.45, 2.75) is 13.3 Å². The number of rotatable bonds is 5. The van der Waals surface area contributed by atoms with Gasteiger partial charge >= 0.3 is 0 Å². The van der Waals surface area contributed by atoms with Crippen molar-refractivity contribution in [1.82, 2.24) is 4.90 Å². The number of carbonyl (C=O) groups excluding carboxylic acids is 2. The summed E-state index contributed by atoms with van der Waals surface area (Å²) in [6.07, 6.45) is 3.80. The monoisotopic (exact) mass is 397 g/mol. The Balaban J connectivity index is 1.65. The molecule has 5 nitrogen and oxygen atoms in total. The molecule has 0 saturated carbocycles. The summed E-state index contributed by atoms with van der Waals surface area (Å²) in [5.41, 5.74) is 2.65. The minimum Gasteiger partial charge on any atom is -0.366 e. The number of benzene rings is 2. The fourth-order valence-electron chi connectivity index (χ4n) is 3.20. The van der Waals surface area contributed by atoms with Crippen molar-refractivity contribution in [3.63, 3.8) is 0 Å². The van der Waals surface area contributed by atoms with Gasteiger partial charge in [0.1, 0.15) is 0 Å². The molecule has 0 unspecified atom stereocenters. The smallest absolute Gasteiger partial charge is 0.248 e. The Morgan fingerprint density at radius 2 is 1.71 bits per heavy atom. The normalized spacial score (nSPS) is 14.4. The number of amides is 2. The molecule has 0 spiro atoms. The lowest BCUT2D eigenvalue weighted by molar-refractivity contribution is -0.131. The number of para-hydroxylation sites is 2. The molecular weight excluding hydrogens is 374 g/mol. The Labute approximate surface area is 170 Å². The van der Waals surface area contributed by atoms with Gasteiger partial charge < -0.3 is 15.1 Å². The maximum atomic E-state index is 12.4. The second-order valence-electron chi connectivity index (χ2n) is 6.61. The molecule has 0 bridgehead atoms. The van der Waals surface area contributed by atoms with Gasteiger partial charge in [0.05, 0.1) is 11.4 Å². The molecule has 2 amide bonds. The molecule has 0 atom stereocenters. The standard InChI is InChI=1S/C22H24ClN3O2/c1-2-22(28)26-15-13-25(14-16-26)20-6-4-3-5-19(20)24-21(27)12-9-17-7-10-18(23)11-8-17/h3-12H,2,13-16H2,1H3,(H,24,27)/b12-9+. The van der Waals surface area contributed by atoms with Crippen LogP contribution in [0, 0.1) is 0 Å². The van der Waals surface area contributed by atoms with Gasteiger partial charge in [-0.3, -0.25) is 9.59 Å². The van der Waals surface area contributed by atoms with Crippen LogP contribution in [0.2, 0.25) is 5.02 Å². The number of nitrogens with one attached hydrogen (secondary N) is 1. The Hall–Kier alpha value is -2.79. The summed E-state index contributed by atoms with van der Waals surface area (Å²) in [6.45, 7) is 4.78. The van der Waals surface area contributed by atoms with Crippen LogP contribution in [0.4, 0.5) is 11.4 Å². The second-order valence-corrected chi connectivity index (χ2v) is 7.05. The molecule has 0 aromatic heterocycles. The number of carbonyl (C=O) groups is 2. The first-order chi connectivity index (χ1) is 13.6. The van der Waals surface area contributed by atoms with Crippen molar-refractivity contribution >= 4 is 40.9 Å². The van der Waals surface area contributed by atoms with Crippen molar-refractivity contribution in [2.24, 2.45) is 0 Å². The quantitative estimate of drug-likeness (QED) is 0.774. The first-order valence-electron chi connectivity index (χ1n) is 9.43. The summed E-state index contributed by atoms with van der Waals surface area (Å²) < 4.78 is 0. The summed E-state index contributed by atoms with van der Waals surface area (Å²) >= 11 is 5.88. The number of anilines is 2. The predicted molar refractivity (Wildman–Crippen MR) is 115 cm³/mol. The van der Waals surface area contributed by atoms with E-state index in [9.17, 15) is 9.59 Å². The van der Waals surface area contributed by atoms with Gasteiger partial charge in [-0.15, -0.1) is 0 Å². The second kappa shape index (κ2) is 9.42. The lowest BCUT2D eigenvalue weighted by Crippen LogP contribution is -2.48. The average Bonchev–Trinajstić information content (AvgIpc) is 2.73. The van der Waals surface area contributed by atoms with Crippen LogP contribution in [0.15, 0.2) is 54.6 Å². The lowest BCUT2D eigenvalue weighted by Gasteiger charge is -2.36. The van der Waals surface area contributed by atoms with Gasteiger partial charge in [0, 0.05) is 43.7 Å². The minimum absolute atomic E-state index is 0.188. The summed E-state index contributed by atoms with van der Waals surface area (Å²) in [5, 5.41) is 3.62. The van der Waals surface area contributed by atoms with Crippen LogP contribution in [0.1, 0.15) is 18.9 Å². The Morgan fingerprint density at radius 1 is 1.04 bits per heavy atom. The van der Waals surface area contributed by atoms with Crippen LogP contribution in [0.3, 0.4) is 0 Å². The van der Waals surface area contributed by atoms with Crippen LogP contribution >= 0.6 is 11.6 Å². The molecule has 146 valence electrons. The number of halogens is 1. The zero-order valence-electron chi connectivity index (χ0n) is 15.9. The van der Waals surface area contributed by atoms with Crippen LogP contribution in [0.5, 0.6) is 0 Å². The van der Waals surface area contributed by atoms with E-state index in [0.29, 0.717) is 24.5 Å². The summed E-state index contributed by atoms with van der Waals surface area (Å²) in [5.74, 6) is -0.00392. The molecule has 0 aliphatic carbocycles. The van der Waals surface area contributed by atoms with Crippen LogP contribution in [0.25, 0.3) is 6.08 Å². The average molecular weight is 398 g/mol. The summed E-state index contributed by atoms with van der Waals surface area (Å²) in [4.78, 5) is 28.3. The van der Waals surface area contributed by atoms with Gasteiger partial charge in [-0.2, -0.15) is 0 Å². The molecule has 0 radical (unpaired) electrons. The van der Waals surface area contributed by atoms with E-state index in [1.165, 1.54) is 6.08 Å². The van der Waals surface area contributed by atoms with Crippen LogP contribution in [-0.4, -0.2) is 42.9 Å². The topological polar surface area (TPSA) is 52.7 Å². The Morgan fingerprint density at radius 3 is 2.39 bits per heavy atom. The number of hydrogen-bond donors (Lipinski definition) is 1. The van der Waals surface area contributed by atoms with E-state index in [-0.39, 0.29) is 11.8 Å². The van der Waals surface area contributed by atoms with Gasteiger partial charge in [0.2, 0.25) is 11.8 Å². The fraction of sp³-hybridized carbons (Fsp3) is 0.273. The van der Waals surface area contributed by atoms with Gasteiger partial charge in [0.25, 0.3) is 0 Å². The highest BCUT2D eigenvalue weighted by molar-refractivity contribution is 6.30. The van der Waals surface area contributed by atoms with Crippen molar-refractivity contribution in [2.75, 3.05) is 36.4 Å². The van der Waals surface area contributed by atoms with Crippen molar-refractivity contribution in [3.8, 4) is 0 Å². The Kier molecular flexibility index (Phi) is 6.71. The maximum absolute atomic E-state index is 12.4. The molecule has 1 saturated heterocycles. The highest BCUT2D eigenvalue weighted by atomic mass is 35.5. The fourth-order valence-corrected chi connectivity index (χ4v) is 3.32. The van der Waals surface area contributed by atoms with E-state index in [4.69, 9.17) is 11.6 Å². The highest BCUT2D eigenvalue weighted by Gasteiger charge is 2.21. The van der Waals surface area contributed by atoms with E-state index in [0.717, 1.165) is 30.0 Å². The highest BCUT2D eigenvalue weighted by Crippen LogP contribution is 2.26. The molecule has 1 heterocycles. The third-order valence-corrected chi connectivity index (χ3v) is 4.99. The SMILES string of the molecule is CCC(=O)N1CCN(c2ccccc2NC(=O)/C=C/c2ccc(Cl)cc2)CC1. The van der Waals surface area contributed by atoms with E-state index < -0.39 is 0 Å². The van der Waals surface area contributed by atoms with E-state index in [2.05, 4.69) is 10.2 Å². The molecule has 1 N–H and O–H groups in total. The van der Waals surface area contributed by atoms with Gasteiger partial charge in [-0.1, -0.05) is 42.8 Å². The number of hydrogen-bond acceptors (Lipinski definition) is 3. The van der Waals surface area contributed by atoms with Gasteiger partial charge in [-0.05, 0) is 35.9 Å². The van der Waals surface area contributed by atoms with E-state index in [1.807, 2.05) is 48.2 Å². The first-order valence-corrected chi connectivity index (χ1v) is 9.81. The first kappa shape index (κ1) is 20.0. The minimum atomic E-state index is -0.192. The summed E-state index contributed by atoms with van der Waals surface area (Å²) in [7, 11) is 0. The predicted octanol–water partition coefficient (Wildman–Crippen LogP) is 4.05. The number of nitrogens with zero attached hydrogens (tertiary/aromatic N) is 2. The third-order valence-electron chi connectivity index (χ3n) is 4.73. The van der Waals surface area contributed by atoms with Crippen molar-refractivity contribution < 1.29 is 9.59 Å². The molecule has 2 aromatic carbocycles. The molecule has 1 aliphatic heterocycles. The zero-order valence-corrected chi connectivity index (χ0v) is 16.7.